The van der Waals surface area contributed by atoms with Crippen molar-refractivity contribution in [1.29, 1.82) is 0 Å². The van der Waals surface area contributed by atoms with Crippen molar-refractivity contribution in [2.75, 3.05) is 32.0 Å². The monoisotopic (exact) mass is 296 g/mol. The maximum Gasteiger partial charge on any atom is 0.339 e. The van der Waals surface area contributed by atoms with Crippen molar-refractivity contribution in [3.05, 3.63) is 28.8 Å². The van der Waals surface area contributed by atoms with Crippen LogP contribution in [-0.4, -0.2) is 42.7 Å². The lowest BCUT2D eigenvalue weighted by Gasteiger charge is -2.29. The molecule has 1 saturated heterocycles. The predicted octanol–water partition coefficient (Wildman–Crippen LogP) is 3.18. The Morgan fingerprint density at radius 2 is 2.15 bits per heavy atom. The molecule has 0 radical (unpaired) electrons. The predicted molar refractivity (Wildman–Crippen MR) is 81.7 cm³/mol. The van der Waals surface area contributed by atoms with Crippen molar-refractivity contribution < 1.29 is 9.90 Å². The van der Waals surface area contributed by atoms with Gasteiger partial charge in [0.1, 0.15) is 5.56 Å². The van der Waals surface area contributed by atoms with Crippen LogP contribution in [0.1, 0.15) is 29.6 Å². The summed E-state index contributed by atoms with van der Waals surface area (Å²) < 4.78 is 0. The van der Waals surface area contributed by atoms with Crippen molar-refractivity contribution in [1.82, 2.24) is 4.90 Å². The number of rotatable bonds is 5. The highest BCUT2D eigenvalue weighted by atomic mass is 35.5. The van der Waals surface area contributed by atoms with Gasteiger partial charge in [-0.2, -0.15) is 0 Å². The quantitative estimate of drug-likeness (QED) is 0.876. The summed E-state index contributed by atoms with van der Waals surface area (Å²) in [5.41, 5.74) is 0.774. The Morgan fingerprint density at radius 1 is 1.45 bits per heavy atom. The van der Waals surface area contributed by atoms with Gasteiger partial charge >= 0.3 is 5.97 Å². The van der Waals surface area contributed by atoms with Crippen molar-refractivity contribution in [3.63, 3.8) is 0 Å². The van der Waals surface area contributed by atoms with Crippen molar-refractivity contribution >= 4 is 23.3 Å². The Morgan fingerprint density at radius 3 is 2.80 bits per heavy atom. The third-order valence-corrected chi connectivity index (χ3v) is 4.25. The van der Waals surface area contributed by atoms with E-state index < -0.39 is 5.97 Å². The van der Waals surface area contributed by atoms with E-state index in [-0.39, 0.29) is 10.6 Å². The topological polar surface area (TPSA) is 52.6 Å². The van der Waals surface area contributed by atoms with Crippen LogP contribution in [0.15, 0.2) is 18.2 Å². The van der Waals surface area contributed by atoms with E-state index in [0.717, 1.165) is 32.0 Å². The van der Waals surface area contributed by atoms with Crippen LogP contribution in [0.5, 0.6) is 0 Å². The second-order valence-electron chi connectivity index (χ2n) is 5.43. The third kappa shape index (κ3) is 3.87. The van der Waals surface area contributed by atoms with E-state index >= 15 is 0 Å². The first kappa shape index (κ1) is 15.1. The summed E-state index contributed by atoms with van der Waals surface area (Å²) in [4.78, 5) is 13.6. The number of nitrogens with one attached hydrogen (secondary N) is 1. The standard InChI is InChI=1S/C15H21ClN2O2/c1-18-9-6-11(7-10-18)5-8-17-13-4-2-3-12(16)14(13)15(19)20/h2-4,11,17H,5-10H2,1H3,(H,19,20). The maximum atomic E-state index is 11.2. The van der Waals surface area contributed by atoms with Crippen molar-refractivity contribution in [3.8, 4) is 0 Å². The average Bonchev–Trinajstić information content (AvgIpc) is 2.40. The lowest BCUT2D eigenvalue weighted by atomic mass is 9.94. The van der Waals surface area contributed by atoms with Crippen LogP contribution in [0.4, 0.5) is 5.69 Å². The SMILES string of the molecule is CN1CCC(CCNc2cccc(Cl)c2C(=O)O)CC1. The zero-order chi connectivity index (χ0) is 14.5. The fourth-order valence-electron chi connectivity index (χ4n) is 2.65. The smallest absolute Gasteiger partial charge is 0.339 e. The molecule has 20 heavy (non-hydrogen) atoms. The molecule has 5 heteroatoms. The van der Waals surface area contributed by atoms with E-state index in [1.54, 1.807) is 18.2 Å². The van der Waals surface area contributed by atoms with Gasteiger partial charge in [-0.05, 0) is 57.5 Å². The highest BCUT2D eigenvalue weighted by Crippen LogP contribution is 2.25. The zero-order valence-corrected chi connectivity index (χ0v) is 12.5. The van der Waals surface area contributed by atoms with Gasteiger partial charge in [0.2, 0.25) is 0 Å². The maximum absolute atomic E-state index is 11.2. The third-order valence-electron chi connectivity index (χ3n) is 3.93. The molecule has 2 N–H and O–H groups in total. The number of halogens is 1. The van der Waals surface area contributed by atoms with Gasteiger partial charge in [-0.1, -0.05) is 17.7 Å². The second kappa shape index (κ2) is 6.95. The van der Waals surface area contributed by atoms with Crippen LogP contribution in [0, 0.1) is 5.92 Å². The molecular formula is C15H21ClN2O2. The molecule has 0 atom stereocenters. The normalized spacial score (nSPS) is 17.1. The van der Waals surface area contributed by atoms with Crippen LogP contribution >= 0.6 is 11.6 Å². The van der Waals surface area contributed by atoms with Gasteiger partial charge in [-0.25, -0.2) is 4.79 Å². The van der Waals surface area contributed by atoms with Crippen LogP contribution in [0.2, 0.25) is 5.02 Å². The molecule has 1 aromatic rings. The number of hydrogen-bond donors (Lipinski definition) is 2. The number of nitrogens with zero attached hydrogens (tertiary/aromatic N) is 1. The molecule has 0 spiro atoms. The summed E-state index contributed by atoms with van der Waals surface area (Å²) in [6.45, 7) is 3.10. The number of piperidine rings is 1. The van der Waals surface area contributed by atoms with E-state index in [9.17, 15) is 9.90 Å². The van der Waals surface area contributed by atoms with E-state index in [0.29, 0.717) is 5.69 Å². The molecule has 110 valence electrons. The zero-order valence-electron chi connectivity index (χ0n) is 11.7. The van der Waals surface area contributed by atoms with Gasteiger partial charge in [0, 0.05) is 6.54 Å². The van der Waals surface area contributed by atoms with Gasteiger partial charge in [0.25, 0.3) is 0 Å². The number of carboxylic acid groups (broad SMARTS) is 1. The highest BCUT2D eigenvalue weighted by Gasteiger charge is 2.17. The Hall–Kier alpha value is -1.26. The molecule has 0 bridgehead atoms. The molecule has 0 aromatic heterocycles. The number of carbonyl (C=O) groups is 1. The minimum absolute atomic E-state index is 0.164. The average molecular weight is 297 g/mol. The van der Waals surface area contributed by atoms with Crippen LogP contribution in [0.3, 0.4) is 0 Å². The molecule has 0 aliphatic carbocycles. The number of anilines is 1. The molecule has 2 rings (SSSR count). The lowest BCUT2D eigenvalue weighted by molar-refractivity contribution is 0.0698. The number of hydrogen-bond acceptors (Lipinski definition) is 3. The summed E-state index contributed by atoms with van der Waals surface area (Å²) in [5.74, 6) is -0.261. The Kier molecular flexibility index (Phi) is 5.26. The fraction of sp³-hybridized carbons (Fsp3) is 0.533. The molecule has 0 unspecified atom stereocenters. The second-order valence-corrected chi connectivity index (χ2v) is 5.84. The van der Waals surface area contributed by atoms with E-state index in [2.05, 4.69) is 17.3 Å². The Labute approximate surface area is 124 Å². The minimum atomic E-state index is -0.989. The summed E-state index contributed by atoms with van der Waals surface area (Å²) in [6, 6.07) is 5.14. The number of likely N-dealkylation sites (tertiary alicyclic amines) is 1. The van der Waals surface area contributed by atoms with Crippen molar-refractivity contribution in [2.45, 2.75) is 19.3 Å². The molecule has 1 aliphatic rings. The van der Waals surface area contributed by atoms with Gasteiger partial charge in [0.15, 0.2) is 0 Å². The lowest BCUT2D eigenvalue weighted by Crippen LogP contribution is -2.30. The van der Waals surface area contributed by atoms with Gasteiger partial charge in [0.05, 0.1) is 10.7 Å². The number of aromatic carboxylic acids is 1. The molecule has 1 fully saturated rings. The van der Waals surface area contributed by atoms with Crippen LogP contribution in [-0.2, 0) is 0 Å². The van der Waals surface area contributed by atoms with Gasteiger partial charge in [-0.15, -0.1) is 0 Å². The number of benzene rings is 1. The van der Waals surface area contributed by atoms with Gasteiger partial charge in [-0.3, -0.25) is 0 Å². The molecule has 0 saturated carbocycles. The summed E-state index contributed by atoms with van der Waals surface area (Å²) >= 11 is 5.94. The minimum Gasteiger partial charge on any atom is -0.478 e. The number of carboxylic acids is 1. The molecule has 0 amide bonds. The van der Waals surface area contributed by atoms with Gasteiger partial charge < -0.3 is 15.3 Å². The van der Waals surface area contributed by atoms with E-state index in [1.165, 1.54) is 12.8 Å². The molecule has 4 nitrogen and oxygen atoms in total. The van der Waals surface area contributed by atoms with Crippen LogP contribution < -0.4 is 5.32 Å². The first-order valence-corrected chi connectivity index (χ1v) is 7.40. The Bertz CT molecular complexity index is 471. The molecule has 1 heterocycles. The molecular weight excluding hydrogens is 276 g/mol. The van der Waals surface area contributed by atoms with E-state index in [4.69, 9.17) is 11.6 Å². The summed E-state index contributed by atoms with van der Waals surface area (Å²) in [6.07, 6.45) is 3.51. The fourth-order valence-corrected chi connectivity index (χ4v) is 2.91. The largest absolute Gasteiger partial charge is 0.478 e. The molecule has 1 aromatic carbocycles. The first-order chi connectivity index (χ1) is 9.58. The summed E-state index contributed by atoms with van der Waals surface area (Å²) in [7, 11) is 2.15. The van der Waals surface area contributed by atoms with Crippen molar-refractivity contribution in [2.24, 2.45) is 5.92 Å². The van der Waals surface area contributed by atoms with E-state index in [1.807, 2.05) is 0 Å². The first-order valence-electron chi connectivity index (χ1n) is 7.02. The highest BCUT2D eigenvalue weighted by molar-refractivity contribution is 6.34. The molecule has 1 aliphatic heterocycles. The summed E-state index contributed by atoms with van der Waals surface area (Å²) in [5, 5.41) is 12.7. The van der Waals surface area contributed by atoms with Crippen LogP contribution in [0.25, 0.3) is 0 Å². The Balaban J connectivity index is 1.88.